The van der Waals surface area contributed by atoms with Crippen molar-refractivity contribution in [2.75, 3.05) is 12.1 Å². The van der Waals surface area contributed by atoms with Crippen LogP contribution in [0.4, 0.5) is 5.82 Å². The van der Waals surface area contributed by atoms with Crippen LogP contribution >= 0.6 is 0 Å². The van der Waals surface area contributed by atoms with Gasteiger partial charge in [0.05, 0.1) is 11.1 Å². The van der Waals surface area contributed by atoms with E-state index in [-0.39, 0.29) is 12.7 Å². The van der Waals surface area contributed by atoms with Crippen molar-refractivity contribution in [3.8, 4) is 22.8 Å². The first kappa shape index (κ1) is 18.7. The standard InChI is InChI=1S/C25H24N2O3/c1-16(2)17-6-8-18(9-7-17)20-4-3-5-23(26-20)27-24(28)25(12-13-25)19-10-11-21-22(14-19)30-15-29-21/h3-11,14,16H,12-13,15H2,1-2H3,(H,26,27,28). The highest BCUT2D eigenvalue weighted by Gasteiger charge is 2.51. The van der Waals surface area contributed by atoms with E-state index in [2.05, 4.69) is 48.4 Å². The molecule has 1 saturated carbocycles. The van der Waals surface area contributed by atoms with Gasteiger partial charge in [0, 0.05) is 5.56 Å². The molecule has 0 atom stereocenters. The minimum Gasteiger partial charge on any atom is -0.454 e. The predicted octanol–water partition coefficient (Wildman–Crippen LogP) is 5.27. The number of fused-ring (bicyclic) bond motifs is 1. The third-order valence-electron chi connectivity index (χ3n) is 5.97. The topological polar surface area (TPSA) is 60.5 Å². The summed E-state index contributed by atoms with van der Waals surface area (Å²) in [6.07, 6.45) is 1.63. The fourth-order valence-electron chi connectivity index (χ4n) is 3.91. The van der Waals surface area contributed by atoms with Gasteiger partial charge in [0.15, 0.2) is 11.5 Å². The first-order valence-corrected chi connectivity index (χ1v) is 10.3. The van der Waals surface area contributed by atoms with Gasteiger partial charge < -0.3 is 14.8 Å². The molecule has 1 aromatic heterocycles. The molecule has 0 saturated heterocycles. The fraction of sp³-hybridized carbons (Fsp3) is 0.280. The van der Waals surface area contributed by atoms with Gasteiger partial charge in [-0.1, -0.05) is 50.2 Å². The molecule has 5 heteroatoms. The molecule has 2 heterocycles. The lowest BCUT2D eigenvalue weighted by Gasteiger charge is -2.16. The molecule has 1 aliphatic carbocycles. The van der Waals surface area contributed by atoms with Crippen molar-refractivity contribution < 1.29 is 14.3 Å². The Morgan fingerprint density at radius 1 is 1.00 bits per heavy atom. The number of nitrogens with zero attached hydrogens (tertiary/aromatic N) is 1. The Bertz CT molecular complexity index is 1100. The molecule has 1 fully saturated rings. The number of aromatic nitrogens is 1. The summed E-state index contributed by atoms with van der Waals surface area (Å²) in [4.78, 5) is 17.8. The molecule has 1 aliphatic heterocycles. The Kier molecular flexibility index (Phi) is 4.46. The Hall–Kier alpha value is -3.34. The average Bonchev–Trinajstić information content (AvgIpc) is 3.45. The maximum Gasteiger partial charge on any atom is 0.236 e. The van der Waals surface area contributed by atoms with Gasteiger partial charge in [0.25, 0.3) is 0 Å². The lowest BCUT2D eigenvalue weighted by molar-refractivity contribution is -0.118. The molecule has 1 amide bonds. The summed E-state index contributed by atoms with van der Waals surface area (Å²) < 4.78 is 10.9. The molecule has 0 radical (unpaired) electrons. The van der Waals surface area contributed by atoms with Crippen molar-refractivity contribution in [2.45, 2.75) is 38.0 Å². The molecule has 3 aromatic rings. The number of pyridine rings is 1. The smallest absolute Gasteiger partial charge is 0.236 e. The molecule has 5 nitrogen and oxygen atoms in total. The second-order valence-electron chi connectivity index (χ2n) is 8.29. The SMILES string of the molecule is CC(C)c1ccc(-c2cccc(NC(=O)C3(c4ccc5c(c4)OCO5)CC3)n2)cc1. The minimum atomic E-state index is -0.516. The van der Waals surface area contributed by atoms with Crippen LogP contribution in [0, 0.1) is 0 Å². The van der Waals surface area contributed by atoms with Crippen molar-refractivity contribution in [3.63, 3.8) is 0 Å². The monoisotopic (exact) mass is 400 g/mol. The zero-order chi connectivity index (χ0) is 20.7. The van der Waals surface area contributed by atoms with E-state index < -0.39 is 5.41 Å². The zero-order valence-electron chi connectivity index (χ0n) is 17.1. The Labute approximate surface area is 176 Å². The maximum absolute atomic E-state index is 13.1. The quantitative estimate of drug-likeness (QED) is 0.634. The van der Waals surface area contributed by atoms with Crippen molar-refractivity contribution in [2.24, 2.45) is 0 Å². The van der Waals surface area contributed by atoms with Gasteiger partial charge in [-0.05, 0) is 54.2 Å². The van der Waals surface area contributed by atoms with Gasteiger partial charge in [-0.15, -0.1) is 0 Å². The highest BCUT2D eigenvalue weighted by atomic mass is 16.7. The third-order valence-corrected chi connectivity index (χ3v) is 5.97. The van der Waals surface area contributed by atoms with Crippen molar-refractivity contribution in [3.05, 3.63) is 71.8 Å². The van der Waals surface area contributed by atoms with Crippen molar-refractivity contribution in [1.29, 1.82) is 0 Å². The van der Waals surface area contributed by atoms with Gasteiger partial charge >= 0.3 is 0 Å². The van der Waals surface area contributed by atoms with E-state index >= 15 is 0 Å². The number of nitrogens with one attached hydrogen (secondary N) is 1. The number of ether oxygens (including phenoxy) is 2. The highest BCUT2D eigenvalue weighted by molar-refractivity contribution is 6.01. The van der Waals surface area contributed by atoms with Crippen LogP contribution in [-0.2, 0) is 10.2 Å². The number of carbonyl (C=O) groups excluding carboxylic acids is 1. The molecule has 152 valence electrons. The predicted molar refractivity (Wildman–Crippen MR) is 116 cm³/mol. The number of hydrogen-bond donors (Lipinski definition) is 1. The van der Waals surface area contributed by atoms with Gasteiger partial charge in [-0.25, -0.2) is 4.98 Å². The summed E-state index contributed by atoms with van der Waals surface area (Å²) in [6, 6.07) is 19.9. The number of amides is 1. The lowest BCUT2D eigenvalue weighted by Crippen LogP contribution is -2.28. The molecule has 2 aromatic carbocycles. The van der Waals surface area contributed by atoms with Crippen LogP contribution in [0.15, 0.2) is 60.7 Å². The molecular weight excluding hydrogens is 376 g/mol. The summed E-state index contributed by atoms with van der Waals surface area (Å²) in [5, 5.41) is 3.03. The summed E-state index contributed by atoms with van der Waals surface area (Å²) in [7, 11) is 0. The highest BCUT2D eigenvalue weighted by Crippen LogP contribution is 2.51. The zero-order valence-corrected chi connectivity index (χ0v) is 17.1. The average molecular weight is 400 g/mol. The fourth-order valence-corrected chi connectivity index (χ4v) is 3.91. The molecule has 1 N–H and O–H groups in total. The van der Waals surface area contributed by atoms with Crippen LogP contribution in [0.25, 0.3) is 11.3 Å². The number of anilines is 1. The Morgan fingerprint density at radius 3 is 2.50 bits per heavy atom. The Balaban J connectivity index is 1.36. The number of carbonyl (C=O) groups is 1. The number of rotatable bonds is 5. The molecule has 5 rings (SSSR count). The van der Waals surface area contributed by atoms with Crippen LogP contribution in [0.3, 0.4) is 0 Å². The molecule has 0 unspecified atom stereocenters. The summed E-state index contributed by atoms with van der Waals surface area (Å²) >= 11 is 0. The number of hydrogen-bond acceptors (Lipinski definition) is 4. The van der Waals surface area contributed by atoms with E-state index in [1.54, 1.807) is 0 Å². The van der Waals surface area contributed by atoms with Crippen molar-refractivity contribution in [1.82, 2.24) is 4.98 Å². The largest absolute Gasteiger partial charge is 0.454 e. The van der Waals surface area contributed by atoms with Gasteiger partial charge in [0.1, 0.15) is 5.82 Å². The summed E-state index contributed by atoms with van der Waals surface area (Å²) in [5.74, 6) is 2.46. The van der Waals surface area contributed by atoms with Gasteiger partial charge in [-0.3, -0.25) is 4.79 Å². The second-order valence-corrected chi connectivity index (χ2v) is 8.29. The van der Waals surface area contributed by atoms with Crippen LogP contribution in [0.1, 0.15) is 43.7 Å². The van der Waals surface area contributed by atoms with Gasteiger partial charge in [0.2, 0.25) is 12.7 Å². The van der Waals surface area contributed by atoms with Crippen LogP contribution in [0.5, 0.6) is 11.5 Å². The van der Waals surface area contributed by atoms with Crippen molar-refractivity contribution >= 4 is 11.7 Å². The van der Waals surface area contributed by atoms with E-state index in [0.29, 0.717) is 17.5 Å². The van der Waals surface area contributed by atoms with Gasteiger partial charge in [-0.2, -0.15) is 0 Å². The molecule has 0 spiro atoms. The minimum absolute atomic E-state index is 0.0267. The van der Waals surface area contributed by atoms with E-state index in [0.717, 1.165) is 35.4 Å². The molecule has 0 bridgehead atoms. The lowest BCUT2D eigenvalue weighted by atomic mass is 9.94. The maximum atomic E-state index is 13.1. The third kappa shape index (κ3) is 3.30. The Morgan fingerprint density at radius 2 is 1.77 bits per heavy atom. The molecular formula is C25H24N2O3. The van der Waals surface area contributed by atoms with E-state index in [4.69, 9.17) is 9.47 Å². The van der Waals surface area contributed by atoms with E-state index in [1.807, 2.05) is 36.4 Å². The number of benzene rings is 2. The summed E-state index contributed by atoms with van der Waals surface area (Å²) in [6.45, 7) is 4.58. The van der Waals surface area contributed by atoms with E-state index in [9.17, 15) is 4.79 Å². The normalized spacial score (nSPS) is 15.8. The molecule has 2 aliphatic rings. The molecule has 30 heavy (non-hydrogen) atoms. The van der Waals surface area contributed by atoms with Crippen LogP contribution in [-0.4, -0.2) is 17.7 Å². The first-order chi connectivity index (χ1) is 14.5. The second kappa shape index (κ2) is 7.17. The van der Waals surface area contributed by atoms with Crippen LogP contribution < -0.4 is 14.8 Å². The van der Waals surface area contributed by atoms with Crippen LogP contribution in [0.2, 0.25) is 0 Å². The van der Waals surface area contributed by atoms with E-state index in [1.165, 1.54) is 5.56 Å². The first-order valence-electron chi connectivity index (χ1n) is 10.3. The summed E-state index contributed by atoms with van der Waals surface area (Å²) in [5.41, 5.74) is 3.62.